The molecule has 1 rings (SSSR count). The van der Waals surface area contributed by atoms with Crippen LogP contribution in [0.5, 0.6) is 0 Å². The molecule has 1 heterocycles. The third-order valence-electron chi connectivity index (χ3n) is 3.57. The van der Waals surface area contributed by atoms with E-state index >= 15 is 0 Å². The molecule has 0 unspecified atom stereocenters. The first-order valence-corrected chi connectivity index (χ1v) is 8.18. The largest absolute Gasteiger partial charge is 0.339 e. The highest BCUT2D eigenvalue weighted by molar-refractivity contribution is 5.77. The molecule has 0 aromatic carbocycles. The second-order valence-corrected chi connectivity index (χ2v) is 5.50. The molecule has 0 aromatic rings. The zero-order valence-electron chi connectivity index (χ0n) is 14.5. The van der Waals surface area contributed by atoms with Gasteiger partial charge in [-0.2, -0.15) is 0 Å². The first kappa shape index (κ1) is 19.9. The molecule has 124 valence electrons. The van der Waals surface area contributed by atoms with E-state index in [2.05, 4.69) is 19.0 Å². The van der Waals surface area contributed by atoms with Crippen LogP contribution < -0.4 is 0 Å². The zero-order chi connectivity index (χ0) is 16.3. The standard InChI is InChI=1S/C14H27N3O2.C2H6/c1-13(18)16-9-11-17(12-10-16)14(19)7-5-4-6-8-15(2)3;1-2/h4-12H2,1-3H3;1-2H3. The number of carbonyl (C=O) groups excluding carboxylic acids is 2. The van der Waals surface area contributed by atoms with Gasteiger partial charge in [0.2, 0.25) is 11.8 Å². The van der Waals surface area contributed by atoms with Crippen LogP contribution in [0, 0.1) is 0 Å². The Balaban J connectivity index is 0.00000191. The quantitative estimate of drug-likeness (QED) is 0.703. The molecular weight excluding hydrogens is 266 g/mol. The van der Waals surface area contributed by atoms with Crippen LogP contribution in [0.4, 0.5) is 0 Å². The van der Waals surface area contributed by atoms with Gasteiger partial charge < -0.3 is 14.7 Å². The van der Waals surface area contributed by atoms with Crippen LogP contribution in [0.3, 0.4) is 0 Å². The molecule has 0 saturated carbocycles. The molecule has 5 nitrogen and oxygen atoms in total. The van der Waals surface area contributed by atoms with Crippen LogP contribution in [-0.4, -0.2) is 73.3 Å². The molecule has 1 aliphatic heterocycles. The third kappa shape index (κ3) is 8.71. The number of amides is 2. The van der Waals surface area contributed by atoms with E-state index in [0.717, 1.165) is 25.8 Å². The second-order valence-electron chi connectivity index (χ2n) is 5.50. The fourth-order valence-corrected chi connectivity index (χ4v) is 2.31. The fourth-order valence-electron chi connectivity index (χ4n) is 2.31. The Bertz CT molecular complexity index is 298. The van der Waals surface area contributed by atoms with E-state index in [1.54, 1.807) is 11.8 Å². The van der Waals surface area contributed by atoms with Gasteiger partial charge in [0.15, 0.2) is 0 Å². The number of hydrogen-bond donors (Lipinski definition) is 0. The number of carbonyl (C=O) groups is 2. The van der Waals surface area contributed by atoms with Crippen LogP contribution in [-0.2, 0) is 9.59 Å². The van der Waals surface area contributed by atoms with Crippen LogP contribution in [0.15, 0.2) is 0 Å². The van der Waals surface area contributed by atoms with Crippen molar-refractivity contribution in [2.24, 2.45) is 0 Å². The summed E-state index contributed by atoms with van der Waals surface area (Å²) in [4.78, 5) is 29.0. The Kier molecular flexibility index (Phi) is 10.9. The third-order valence-corrected chi connectivity index (χ3v) is 3.57. The Labute approximate surface area is 130 Å². The molecule has 0 aromatic heterocycles. The highest BCUT2D eigenvalue weighted by Crippen LogP contribution is 2.07. The fraction of sp³-hybridized carbons (Fsp3) is 0.875. The molecule has 1 fully saturated rings. The summed E-state index contributed by atoms with van der Waals surface area (Å²) in [6.45, 7) is 9.42. The molecule has 0 atom stereocenters. The Hall–Kier alpha value is -1.10. The molecule has 1 aliphatic rings. The van der Waals surface area contributed by atoms with Gasteiger partial charge in [0.25, 0.3) is 0 Å². The molecule has 2 amide bonds. The normalized spacial score (nSPS) is 14.8. The maximum atomic E-state index is 12.0. The lowest BCUT2D eigenvalue weighted by molar-refractivity contribution is -0.138. The molecular formula is C16H33N3O2. The lowest BCUT2D eigenvalue weighted by Crippen LogP contribution is -2.50. The van der Waals surface area contributed by atoms with E-state index in [1.807, 2.05) is 18.7 Å². The molecule has 1 saturated heterocycles. The molecule has 5 heteroatoms. The van der Waals surface area contributed by atoms with Crippen molar-refractivity contribution in [2.75, 3.05) is 46.8 Å². The van der Waals surface area contributed by atoms with Crippen molar-refractivity contribution < 1.29 is 9.59 Å². The maximum absolute atomic E-state index is 12.0. The molecule has 0 radical (unpaired) electrons. The van der Waals surface area contributed by atoms with Gasteiger partial charge in [0.1, 0.15) is 0 Å². The molecule has 0 aliphatic carbocycles. The number of nitrogens with zero attached hydrogens (tertiary/aromatic N) is 3. The molecule has 0 N–H and O–H groups in total. The average Bonchev–Trinajstić information content (AvgIpc) is 2.48. The van der Waals surface area contributed by atoms with Crippen molar-refractivity contribution in [3.05, 3.63) is 0 Å². The summed E-state index contributed by atoms with van der Waals surface area (Å²) in [5.41, 5.74) is 0. The minimum atomic E-state index is 0.107. The topological polar surface area (TPSA) is 43.9 Å². The van der Waals surface area contributed by atoms with Crippen molar-refractivity contribution >= 4 is 11.8 Å². The van der Waals surface area contributed by atoms with Crippen LogP contribution in [0.25, 0.3) is 0 Å². The Morgan fingerprint density at radius 2 is 1.43 bits per heavy atom. The number of piperazine rings is 1. The summed E-state index contributed by atoms with van der Waals surface area (Å²) < 4.78 is 0. The zero-order valence-corrected chi connectivity index (χ0v) is 14.5. The molecule has 0 bridgehead atoms. The van der Waals surface area contributed by atoms with Crippen molar-refractivity contribution in [2.45, 2.75) is 46.5 Å². The summed E-state index contributed by atoms with van der Waals surface area (Å²) in [6.07, 6.45) is 3.88. The SMILES string of the molecule is CC.CC(=O)N1CCN(C(=O)CCCCCN(C)C)CC1. The lowest BCUT2D eigenvalue weighted by atomic mass is 10.1. The summed E-state index contributed by atoms with van der Waals surface area (Å²) in [6, 6.07) is 0. The molecule has 21 heavy (non-hydrogen) atoms. The highest BCUT2D eigenvalue weighted by Gasteiger charge is 2.21. The van der Waals surface area contributed by atoms with Crippen molar-refractivity contribution in [3.8, 4) is 0 Å². The van der Waals surface area contributed by atoms with Crippen LogP contribution in [0.2, 0.25) is 0 Å². The first-order chi connectivity index (χ1) is 10.0. The maximum Gasteiger partial charge on any atom is 0.222 e. The minimum Gasteiger partial charge on any atom is -0.339 e. The van der Waals surface area contributed by atoms with Gasteiger partial charge in [0, 0.05) is 39.5 Å². The predicted octanol–water partition coefficient (Wildman–Crippen LogP) is 1.83. The number of hydrogen-bond acceptors (Lipinski definition) is 3. The van der Waals surface area contributed by atoms with Gasteiger partial charge in [-0.05, 0) is 33.5 Å². The van der Waals surface area contributed by atoms with E-state index in [4.69, 9.17) is 0 Å². The Morgan fingerprint density at radius 1 is 0.905 bits per heavy atom. The summed E-state index contributed by atoms with van der Waals surface area (Å²) in [5.74, 6) is 0.351. The van der Waals surface area contributed by atoms with Crippen LogP contribution >= 0.6 is 0 Å². The van der Waals surface area contributed by atoms with E-state index in [9.17, 15) is 9.59 Å². The van der Waals surface area contributed by atoms with Crippen molar-refractivity contribution in [1.29, 1.82) is 0 Å². The smallest absolute Gasteiger partial charge is 0.222 e. The highest BCUT2D eigenvalue weighted by atomic mass is 16.2. The Morgan fingerprint density at radius 3 is 1.90 bits per heavy atom. The van der Waals surface area contributed by atoms with Gasteiger partial charge >= 0.3 is 0 Å². The number of unbranched alkanes of at least 4 members (excludes halogenated alkanes) is 2. The van der Waals surface area contributed by atoms with Gasteiger partial charge in [0.05, 0.1) is 0 Å². The van der Waals surface area contributed by atoms with Gasteiger partial charge in [-0.3, -0.25) is 9.59 Å². The van der Waals surface area contributed by atoms with Gasteiger partial charge in [-0.15, -0.1) is 0 Å². The predicted molar refractivity (Wildman–Crippen MR) is 87.2 cm³/mol. The molecule has 0 spiro atoms. The average molecular weight is 299 g/mol. The van der Waals surface area contributed by atoms with Crippen molar-refractivity contribution in [1.82, 2.24) is 14.7 Å². The van der Waals surface area contributed by atoms with E-state index in [0.29, 0.717) is 32.6 Å². The van der Waals surface area contributed by atoms with Crippen molar-refractivity contribution in [3.63, 3.8) is 0 Å². The minimum absolute atomic E-state index is 0.107. The van der Waals surface area contributed by atoms with Gasteiger partial charge in [-0.1, -0.05) is 20.3 Å². The lowest BCUT2D eigenvalue weighted by Gasteiger charge is -2.34. The monoisotopic (exact) mass is 299 g/mol. The van der Waals surface area contributed by atoms with Gasteiger partial charge in [-0.25, -0.2) is 0 Å². The van der Waals surface area contributed by atoms with E-state index in [1.165, 1.54) is 0 Å². The summed E-state index contributed by atoms with van der Waals surface area (Å²) in [7, 11) is 4.14. The summed E-state index contributed by atoms with van der Waals surface area (Å²) in [5, 5.41) is 0. The van der Waals surface area contributed by atoms with E-state index < -0.39 is 0 Å². The summed E-state index contributed by atoms with van der Waals surface area (Å²) >= 11 is 0. The van der Waals surface area contributed by atoms with Crippen LogP contribution in [0.1, 0.15) is 46.5 Å². The van der Waals surface area contributed by atoms with E-state index in [-0.39, 0.29) is 11.8 Å². The second kappa shape index (κ2) is 11.5. The first-order valence-electron chi connectivity index (χ1n) is 8.18. The number of rotatable bonds is 6.